The normalized spacial score (nSPS) is 16.0. The molecular formula is C15H20FN3O3. The number of ether oxygens (including phenoxy) is 1. The van der Waals surface area contributed by atoms with Crippen molar-refractivity contribution in [3.05, 3.63) is 30.1 Å². The molecule has 0 saturated carbocycles. The van der Waals surface area contributed by atoms with Crippen LogP contribution in [0.2, 0.25) is 0 Å². The molecule has 1 aliphatic heterocycles. The van der Waals surface area contributed by atoms with E-state index in [9.17, 15) is 14.0 Å². The summed E-state index contributed by atoms with van der Waals surface area (Å²) in [5.41, 5.74) is 0.170. The van der Waals surface area contributed by atoms with Crippen LogP contribution in [-0.2, 0) is 9.53 Å². The first-order valence-electron chi connectivity index (χ1n) is 7.20. The molecule has 0 atom stereocenters. The molecule has 1 heterocycles. The topological polar surface area (TPSA) is 61.9 Å². The number of anilines is 1. The second-order valence-corrected chi connectivity index (χ2v) is 5.10. The third kappa shape index (κ3) is 4.42. The highest BCUT2D eigenvalue weighted by Crippen LogP contribution is 2.14. The molecule has 1 aromatic carbocycles. The Kier molecular flexibility index (Phi) is 5.71. The summed E-state index contributed by atoms with van der Waals surface area (Å²) in [4.78, 5) is 27.1. The van der Waals surface area contributed by atoms with Crippen molar-refractivity contribution >= 4 is 17.7 Å². The van der Waals surface area contributed by atoms with Gasteiger partial charge in [-0.05, 0) is 18.6 Å². The van der Waals surface area contributed by atoms with Gasteiger partial charge in [0.05, 0.1) is 19.3 Å². The Bertz CT molecular complexity index is 539. The van der Waals surface area contributed by atoms with E-state index >= 15 is 0 Å². The Labute approximate surface area is 128 Å². The zero-order valence-corrected chi connectivity index (χ0v) is 12.5. The molecule has 2 amide bonds. The van der Waals surface area contributed by atoms with Crippen molar-refractivity contribution in [2.24, 2.45) is 0 Å². The minimum atomic E-state index is -0.460. The van der Waals surface area contributed by atoms with Crippen LogP contribution in [0.5, 0.6) is 0 Å². The fourth-order valence-corrected chi connectivity index (χ4v) is 2.34. The Morgan fingerprint density at radius 1 is 1.23 bits per heavy atom. The molecule has 1 aliphatic rings. The third-order valence-electron chi connectivity index (χ3n) is 3.57. The van der Waals surface area contributed by atoms with Crippen LogP contribution in [0.1, 0.15) is 6.42 Å². The number of benzene rings is 1. The quantitative estimate of drug-likeness (QED) is 0.860. The monoisotopic (exact) mass is 309 g/mol. The first-order valence-corrected chi connectivity index (χ1v) is 7.20. The number of halogens is 1. The van der Waals surface area contributed by atoms with Crippen LogP contribution >= 0.6 is 0 Å². The fourth-order valence-electron chi connectivity index (χ4n) is 2.34. The van der Waals surface area contributed by atoms with E-state index in [1.54, 1.807) is 17.0 Å². The highest BCUT2D eigenvalue weighted by atomic mass is 19.1. The lowest BCUT2D eigenvalue weighted by Gasteiger charge is -2.22. The lowest BCUT2D eigenvalue weighted by atomic mass is 10.3. The standard InChI is InChI=1S/C15H20FN3O3/c1-22-14(20)11-18-7-4-8-19(10-9-18)15(21)17-13-6-3-2-5-12(13)16/h2-3,5-6H,4,7-11H2,1H3,(H,17,21). The average Bonchev–Trinajstić information content (AvgIpc) is 2.75. The summed E-state index contributed by atoms with van der Waals surface area (Å²) in [6.45, 7) is 2.58. The summed E-state index contributed by atoms with van der Waals surface area (Å²) >= 11 is 0. The first kappa shape index (κ1) is 16.2. The van der Waals surface area contributed by atoms with Crippen LogP contribution in [0.3, 0.4) is 0 Å². The van der Waals surface area contributed by atoms with Crippen molar-refractivity contribution in [1.29, 1.82) is 0 Å². The molecule has 1 N–H and O–H groups in total. The Balaban J connectivity index is 1.89. The van der Waals surface area contributed by atoms with Crippen molar-refractivity contribution in [3.63, 3.8) is 0 Å². The van der Waals surface area contributed by atoms with Crippen molar-refractivity contribution < 1.29 is 18.7 Å². The van der Waals surface area contributed by atoms with Gasteiger partial charge in [0.25, 0.3) is 0 Å². The molecule has 22 heavy (non-hydrogen) atoms. The molecule has 0 aliphatic carbocycles. The van der Waals surface area contributed by atoms with Gasteiger partial charge < -0.3 is 15.0 Å². The van der Waals surface area contributed by atoms with Crippen LogP contribution in [0.25, 0.3) is 0 Å². The number of nitrogens with zero attached hydrogens (tertiary/aromatic N) is 2. The third-order valence-corrected chi connectivity index (χ3v) is 3.57. The number of urea groups is 1. The summed E-state index contributed by atoms with van der Waals surface area (Å²) < 4.78 is 18.2. The molecule has 7 heteroatoms. The zero-order chi connectivity index (χ0) is 15.9. The summed E-state index contributed by atoms with van der Waals surface area (Å²) in [7, 11) is 1.36. The van der Waals surface area contributed by atoms with E-state index in [0.717, 1.165) is 13.0 Å². The van der Waals surface area contributed by atoms with Gasteiger partial charge in [-0.3, -0.25) is 9.69 Å². The van der Waals surface area contributed by atoms with Gasteiger partial charge in [-0.2, -0.15) is 0 Å². The number of hydrogen-bond acceptors (Lipinski definition) is 4. The summed E-state index contributed by atoms with van der Waals surface area (Å²) in [6, 6.07) is 5.73. The van der Waals surface area contributed by atoms with E-state index in [1.165, 1.54) is 19.2 Å². The fraction of sp³-hybridized carbons (Fsp3) is 0.467. The van der Waals surface area contributed by atoms with E-state index in [-0.39, 0.29) is 24.2 Å². The van der Waals surface area contributed by atoms with E-state index in [1.807, 2.05) is 4.90 Å². The molecule has 0 unspecified atom stereocenters. The lowest BCUT2D eigenvalue weighted by Crippen LogP contribution is -2.39. The Morgan fingerprint density at radius 3 is 2.73 bits per heavy atom. The summed E-state index contributed by atoms with van der Waals surface area (Å²) in [5, 5.41) is 2.58. The second kappa shape index (κ2) is 7.74. The number of hydrogen-bond donors (Lipinski definition) is 1. The number of nitrogens with one attached hydrogen (secondary N) is 1. The second-order valence-electron chi connectivity index (χ2n) is 5.10. The van der Waals surface area contributed by atoms with E-state index in [2.05, 4.69) is 10.1 Å². The SMILES string of the molecule is COC(=O)CN1CCCN(C(=O)Nc2ccccc2F)CC1. The minimum Gasteiger partial charge on any atom is -0.468 e. The number of amides is 2. The summed E-state index contributed by atoms with van der Waals surface area (Å²) in [5.74, 6) is -0.748. The Morgan fingerprint density at radius 2 is 2.00 bits per heavy atom. The van der Waals surface area contributed by atoms with Gasteiger partial charge in [-0.25, -0.2) is 9.18 Å². The first-order chi connectivity index (χ1) is 10.6. The molecule has 0 radical (unpaired) electrons. The molecule has 1 fully saturated rings. The predicted octanol–water partition coefficient (Wildman–Crippen LogP) is 1.54. The van der Waals surface area contributed by atoms with Gasteiger partial charge in [-0.15, -0.1) is 0 Å². The van der Waals surface area contributed by atoms with E-state index < -0.39 is 5.82 Å². The van der Waals surface area contributed by atoms with Gasteiger partial charge in [0.2, 0.25) is 0 Å². The number of para-hydroxylation sites is 1. The van der Waals surface area contributed by atoms with Crippen molar-refractivity contribution in [3.8, 4) is 0 Å². The molecule has 0 spiro atoms. The maximum absolute atomic E-state index is 13.5. The van der Waals surface area contributed by atoms with Crippen molar-refractivity contribution in [2.45, 2.75) is 6.42 Å². The molecule has 120 valence electrons. The highest BCUT2D eigenvalue weighted by molar-refractivity contribution is 5.89. The molecule has 2 rings (SSSR count). The van der Waals surface area contributed by atoms with Crippen LogP contribution in [0, 0.1) is 5.82 Å². The molecular weight excluding hydrogens is 289 g/mol. The van der Waals surface area contributed by atoms with Gasteiger partial charge in [0, 0.05) is 26.2 Å². The van der Waals surface area contributed by atoms with Gasteiger partial charge in [-0.1, -0.05) is 12.1 Å². The maximum Gasteiger partial charge on any atom is 0.321 e. The van der Waals surface area contributed by atoms with Gasteiger partial charge in [0.1, 0.15) is 5.82 Å². The van der Waals surface area contributed by atoms with Crippen molar-refractivity contribution in [1.82, 2.24) is 9.80 Å². The number of carbonyl (C=O) groups excluding carboxylic acids is 2. The molecule has 0 bridgehead atoms. The molecule has 6 nitrogen and oxygen atoms in total. The smallest absolute Gasteiger partial charge is 0.321 e. The molecule has 1 aromatic rings. The van der Waals surface area contributed by atoms with Crippen molar-refractivity contribution in [2.75, 3.05) is 45.2 Å². The van der Waals surface area contributed by atoms with Crippen LogP contribution in [-0.4, -0.2) is 61.6 Å². The van der Waals surface area contributed by atoms with Crippen LogP contribution in [0.15, 0.2) is 24.3 Å². The van der Waals surface area contributed by atoms with Gasteiger partial charge in [0.15, 0.2) is 0 Å². The largest absolute Gasteiger partial charge is 0.468 e. The van der Waals surface area contributed by atoms with Crippen LogP contribution in [0.4, 0.5) is 14.9 Å². The minimum absolute atomic E-state index is 0.170. The molecule has 0 aromatic heterocycles. The average molecular weight is 309 g/mol. The Hall–Kier alpha value is -2.15. The number of carbonyl (C=O) groups is 2. The zero-order valence-electron chi connectivity index (χ0n) is 12.5. The maximum atomic E-state index is 13.5. The van der Waals surface area contributed by atoms with Gasteiger partial charge >= 0.3 is 12.0 Å². The number of methoxy groups -OCH3 is 1. The number of esters is 1. The highest BCUT2D eigenvalue weighted by Gasteiger charge is 2.21. The van der Waals surface area contributed by atoms with E-state index in [4.69, 9.17) is 0 Å². The lowest BCUT2D eigenvalue weighted by molar-refractivity contribution is -0.141. The van der Waals surface area contributed by atoms with E-state index in [0.29, 0.717) is 19.6 Å². The molecule has 1 saturated heterocycles. The summed E-state index contributed by atoms with van der Waals surface area (Å²) in [6.07, 6.45) is 0.752. The van der Waals surface area contributed by atoms with Crippen LogP contribution < -0.4 is 5.32 Å². The number of rotatable bonds is 3. The predicted molar refractivity (Wildman–Crippen MR) is 80.1 cm³/mol.